The third-order valence-electron chi connectivity index (χ3n) is 9.14. The van der Waals surface area contributed by atoms with E-state index in [4.69, 9.17) is 0 Å². The lowest BCUT2D eigenvalue weighted by atomic mass is 9.48. The second kappa shape index (κ2) is 6.67. The molecule has 0 aliphatic heterocycles. The van der Waals surface area contributed by atoms with Crippen LogP contribution >= 0.6 is 0 Å². The highest BCUT2D eigenvalue weighted by atomic mass is 16.3. The molecule has 6 atom stereocenters. The second-order valence-corrected chi connectivity index (χ2v) is 10.7. The van der Waals surface area contributed by atoms with Crippen LogP contribution in [-0.4, -0.2) is 17.0 Å². The van der Waals surface area contributed by atoms with E-state index in [1.54, 1.807) is 0 Å². The molecular weight excluding hydrogens is 356 g/mol. The van der Waals surface area contributed by atoms with E-state index in [9.17, 15) is 9.90 Å². The van der Waals surface area contributed by atoms with Crippen molar-refractivity contribution in [1.82, 2.24) is 0 Å². The minimum atomic E-state index is -0.187. The molecule has 0 spiro atoms. The first-order chi connectivity index (χ1) is 13.8. The fourth-order valence-electron chi connectivity index (χ4n) is 7.31. The number of ketones is 1. The minimum Gasteiger partial charge on any atom is -0.393 e. The molecule has 4 aliphatic rings. The first kappa shape index (κ1) is 19.3. The molecule has 0 heterocycles. The number of carbonyl (C=O) groups is 1. The molecule has 3 saturated carbocycles. The lowest BCUT2D eigenvalue weighted by Crippen LogP contribution is -2.50. The third-order valence-corrected chi connectivity index (χ3v) is 9.14. The van der Waals surface area contributed by atoms with E-state index >= 15 is 0 Å². The molecule has 0 bridgehead atoms. The van der Waals surface area contributed by atoms with E-state index < -0.39 is 0 Å². The van der Waals surface area contributed by atoms with Crippen LogP contribution in [0.25, 0.3) is 6.08 Å². The molecule has 0 unspecified atom stereocenters. The number of hydrogen-bond acceptors (Lipinski definition) is 2. The van der Waals surface area contributed by atoms with Crippen LogP contribution in [-0.2, 0) is 4.79 Å². The molecule has 1 N–H and O–H groups in total. The Morgan fingerprint density at radius 3 is 2.48 bits per heavy atom. The predicted molar refractivity (Wildman–Crippen MR) is 117 cm³/mol. The minimum absolute atomic E-state index is 0.156. The topological polar surface area (TPSA) is 37.3 Å². The molecule has 29 heavy (non-hydrogen) atoms. The van der Waals surface area contributed by atoms with Crippen molar-refractivity contribution in [3.8, 4) is 0 Å². The normalized spacial score (nSPS) is 42.8. The van der Waals surface area contributed by atoms with Crippen LogP contribution in [0.3, 0.4) is 0 Å². The van der Waals surface area contributed by atoms with Gasteiger partial charge in [0.2, 0.25) is 0 Å². The number of Topliss-reactive ketones (excluding diaryl/α,β-unsaturated/α-hetero) is 1. The van der Waals surface area contributed by atoms with Crippen molar-refractivity contribution >= 4 is 11.9 Å². The quantitative estimate of drug-likeness (QED) is 0.480. The summed E-state index contributed by atoms with van der Waals surface area (Å²) in [6.45, 7) is 6.80. The zero-order valence-corrected chi connectivity index (χ0v) is 18.1. The molecular formula is C27H34O2. The van der Waals surface area contributed by atoms with Gasteiger partial charge in [-0.3, -0.25) is 4.79 Å². The van der Waals surface area contributed by atoms with Crippen molar-refractivity contribution in [3.63, 3.8) is 0 Å². The van der Waals surface area contributed by atoms with E-state index in [1.165, 1.54) is 11.1 Å². The molecule has 4 aliphatic carbocycles. The van der Waals surface area contributed by atoms with Crippen LogP contribution in [0, 0.1) is 35.5 Å². The van der Waals surface area contributed by atoms with Crippen LogP contribution in [0.4, 0.5) is 0 Å². The summed E-state index contributed by atoms with van der Waals surface area (Å²) in [6, 6.07) is 8.52. The molecule has 0 saturated heterocycles. The molecule has 3 fully saturated rings. The van der Waals surface area contributed by atoms with Gasteiger partial charge < -0.3 is 5.11 Å². The first-order valence-electron chi connectivity index (χ1n) is 11.5. The molecule has 5 rings (SSSR count). The summed E-state index contributed by atoms with van der Waals surface area (Å²) < 4.78 is 0. The van der Waals surface area contributed by atoms with Gasteiger partial charge in [0.15, 0.2) is 5.78 Å². The number of benzene rings is 1. The first-order valence-corrected chi connectivity index (χ1v) is 11.5. The highest BCUT2D eigenvalue weighted by molar-refractivity contribution is 6.05. The van der Waals surface area contributed by atoms with E-state index in [2.05, 4.69) is 57.2 Å². The summed E-state index contributed by atoms with van der Waals surface area (Å²) in [5.74, 6) is 2.14. The van der Waals surface area contributed by atoms with Gasteiger partial charge in [-0.1, -0.05) is 55.3 Å². The van der Waals surface area contributed by atoms with Gasteiger partial charge in [-0.15, -0.1) is 0 Å². The monoisotopic (exact) mass is 390 g/mol. The van der Waals surface area contributed by atoms with Gasteiger partial charge >= 0.3 is 0 Å². The van der Waals surface area contributed by atoms with Crippen molar-refractivity contribution in [2.24, 2.45) is 28.6 Å². The van der Waals surface area contributed by atoms with E-state index in [1.807, 2.05) is 0 Å². The fraction of sp³-hybridized carbons (Fsp3) is 0.593. The molecule has 1 aromatic rings. The van der Waals surface area contributed by atoms with E-state index in [0.717, 1.165) is 56.1 Å². The molecule has 0 amide bonds. The van der Waals surface area contributed by atoms with Gasteiger partial charge in [-0.05, 0) is 92.3 Å². The lowest BCUT2D eigenvalue weighted by molar-refractivity contribution is -0.130. The van der Waals surface area contributed by atoms with Gasteiger partial charge in [0, 0.05) is 5.41 Å². The van der Waals surface area contributed by atoms with Gasteiger partial charge in [0.25, 0.3) is 0 Å². The zero-order chi connectivity index (χ0) is 20.4. The molecule has 2 heteroatoms. The summed E-state index contributed by atoms with van der Waals surface area (Å²) in [4.78, 5) is 13.5. The van der Waals surface area contributed by atoms with Crippen LogP contribution < -0.4 is 0 Å². The highest BCUT2D eigenvalue weighted by Gasteiger charge is 2.59. The highest BCUT2D eigenvalue weighted by Crippen LogP contribution is 2.64. The van der Waals surface area contributed by atoms with Crippen LogP contribution in [0.5, 0.6) is 0 Å². The molecule has 0 aromatic heterocycles. The molecule has 0 radical (unpaired) electrons. The SMILES string of the molecule is Cc1ccc(/C=C2/C[C@@H]3[C@@H]4CC=C5C[C@H](O)CC[C@]5(C)[C@@H]4CC[C@]3(C)C2=O)cc1. The fourth-order valence-corrected chi connectivity index (χ4v) is 7.31. The van der Waals surface area contributed by atoms with Gasteiger partial charge in [0.05, 0.1) is 6.10 Å². The van der Waals surface area contributed by atoms with Crippen molar-refractivity contribution in [2.75, 3.05) is 0 Å². The number of aryl methyl sites for hydroxylation is 1. The molecule has 154 valence electrons. The molecule has 1 aromatic carbocycles. The molecule has 2 nitrogen and oxygen atoms in total. The maximum Gasteiger partial charge on any atom is 0.165 e. The van der Waals surface area contributed by atoms with Gasteiger partial charge in [-0.2, -0.15) is 0 Å². The maximum atomic E-state index is 13.5. The van der Waals surface area contributed by atoms with Crippen LogP contribution in [0.15, 0.2) is 41.5 Å². The standard InChI is InChI=1S/C27H34O2/c1-17-4-6-18(7-5-17)14-19-15-24-22-9-8-20-16-21(28)10-12-26(20,2)23(22)11-13-27(24,3)25(19)29/h4-8,14,21-24,28H,9-13,15-16H2,1-3H3/b19-14-/t21-,22-,23-,24-,26+,27+/m1/s1. The summed E-state index contributed by atoms with van der Waals surface area (Å²) in [6.07, 6.45) is 11.5. The Hall–Kier alpha value is -1.67. The Kier molecular flexibility index (Phi) is 4.44. The lowest BCUT2D eigenvalue weighted by Gasteiger charge is -2.56. The Bertz CT molecular complexity index is 892. The number of carbonyl (C=O) groups excluding carboxylic acids is 1. The van der Waals surface area contributed by atoms with Crippen molar-refractivity contribution in [2.45, 2.75) is 71.8 Å². The van der Waals surface area contributed by atoms with E-state index in [0.29, 0.717) is 23.5 Å². The third kappa shape index (κ3) is 2.90. The second-order valence-electron chi connectivity index (χ2n) is 10.7. The van der Waals surface area contributed by atoms with Gasteiger partial charge in [-0.25, -0.2) is 0 Å². The summed E-state index contributed by atoms with van der Waals surface area (Å²) >= 11 is 0. The Morgan fingerprint density at radius 1 is 1.00 bits per heavy atom. The van der Waals surface area contributed by atoms with Crippen LogP contribution in [0.1, 0.15) is 69.9 Å². The average Bonchev–Trinajstić information content (AvgIpc) is 2.95. The summed E-state index contributed by atoms with van der Waals surface area (Å²) in [7, 11) is 0. The van der Waals surface area contributed by atoms with E-state index in [-0.39, 0.29) is 16.9 Å². The van der Waals surface area contributed by atoms with Crippen LogP contribution in [0.2, 0.25) is 0 Å². The van der Waals surface area contributed by atoms with Crippen molar-refractivity contribution < 1.29 is 9.90 Å². The smallest absolute Gasteiger partial charge is 0.165 e. The maximum absolute atomic E-state index is 13.5. The Balaban J connectivity index is 1.47. The summed E-state index contributed by atoms with van der Waals surface area (Å²) in [5, 5.41) is 10.2. The number of allylic oxidation sites excluding steroid dienone is 2. The average molecular weight is 391 g/mol. The summed E-state index contributed by atoms with van der Waals surface area (Å²) in [5.41, 5.74) is 4.99. The van der Waals surface area contributed by atoms with Crippen molar-refractivity contribution in [3.05, 3.63) is 52.6 Å². The van der Waals surface area contributed by atoms with Gasteiger partial charge in [0.1, 0.15) is 0 Å². The zero-order valence-electron chi connectivity index (χ0n) is 18.1. The largest absolute Gasteiger partial charge is 0.393 e. The Morgan fingerprint density at radius 2 is 1.72 bits per heavy atom. The number of aliphatic hydroxyl groups excluding tert-OH is 1. The number of fused-ring (bicyclic) bond motifs is 5. The number of rotatable bonds is 1. The number of aliphatic hydroxyl groups is 1. The van der Waals surface area contributed by atoms with Crippen molar-refractivity contribution in [1.29, 1.82) is 0 Å². The predicted octanol–water partition coefficient (Wildman–Crippen LogP) is 5.88. The Labute approximate surface area is 175 Å². The number of hydrogen-bond donors (Lipinski definition) is 1.